The highest BCUT2D eigenvalue weighted by Crippen LogP contribution is 1.92. The zero-order valence-corrected chi connectivity index (χ0v) is 5.99. The van der Waals surface area contributed by atoms with Crippen LogP contribution in [-0.2, 0) is 0 Å². The summed E-state index contributed by atoms with van der Waals surface area (Å²) in [5.74, 6) is 0. The van der Waals surface area contributed by atoms with Gasteiger partial charge in [0.05, 0.1) is 0 Å². The summed E-state index contributed by atoms with van der Waals surface area (Å²) in [5.41, 5.74) is 5.23. The van der Waals surface area contributed by atoms with Crippen molar-refractivity contribution in [2.45, 2.75) is 13.3 Å². The van der Waals surface area contributed by atoms with Gasteiger partial charge in [-0.25, -0.2) is 4.42 Å². The van der Waals surface area contributed by atoms with Crippen LogP contribution in [0.25, 0.3) is 0 Å². The predicted molar refractivity (Wildman–Crippen MR) is 36.8 cm³/mol. The monoisotopic (exact) mass is 136 g/mol. The Morgan fingerprint density at radius 3 is 2.50 bits per heavy atom. The third-order valence-corrected chi connectivity index (χ3v) is 1.18. The highest BCUT2D eigenvalue weighted by atomic mass is 35.5. The number of hydrogen-bond acceptors (Lipinski definition) is 2. The van der Waals surface area contributed by atoms with E-state index in [4.69, 9.17) is 17.5 Å². The molecule has 2 nitrogen and oxygen atoms in total. The molecule has 0 aliphatic rings. The molecule has 0 atom stereocenters. The number of nitrogens with zero attached hydrogens (tertiary/aromatic N) is 1. The highest BCUT2D eigenvalue weighted by Gasteiger charge is 1.93. The van der Waals surface area contributed by atoms with Crippen molar-refractivity contribution in [3.8, 4) is 0 Å². The average molecular weight is 137 g/mol. The molecule has 0 amide bonds. The summed E-state index contributed by atoms with van der Waals surface area (Å²) < 4.78 is 1.71. The van der Waals surface area contributed by atoms with Gasteiger partial charge in [0.2, 0.25) is 0 Å². The Morgan fingerprint density at radius 1 is 1.50 bits per heavy atom. The number of hydrogen-bond donors (Lipinski definition) is 1. The van der Waals surface area contributed by atoms with E-state index in [1.54, 1.807) is 4.42 Å². The molecule has 0 aromatic heterocycles. The van der Waals surface area contributed by atoms with Crippen LogP contribution in [0, 0.1) is 0 Å². The summed E-state index contributed by atoms with van der Waals surface area (Å²) in [4.78, 5) is 0. The zero-order valence-electron chi connectivity index (χ0n) is 5.23. The molecule has 0 heterocycles. The molecule has 2 N–H and O–H groups in total. The van der Waals surface area contributed by atoms with Crippen LogP contribution < -0.4 is 5.73 Å². The standard InChI is InChI=1S/C5H13ClN2/c1-2-4-8(6)5-3-7/h2-5,7H2,1H3. The van der Waals surface area contributed by atoms with E-state index in [1.807, 2.05) is 0 Å². The van der Waals surface area contributed by atoms with Crippen LogP contribution in [0.15, 0.2) is 0 Å². The Kier molecular flexibility index (Phi) is 5.49. The molecule has 0 aliphatic carbocycles. The number of nitrogens with two attached hydrogens (primary N) is 1. The predicted octanol–water partition coefficient (Wildman–Crippen LogP) is 0.811. The van der Waals surface area contributed by atoms with E-state index >= 15 is 0 Å². The first-order chi connectivity index (χ1) is 3.81. The smallest absolute Gasteiger partial charge is 0.0262 e. The van der Waals surface area contributed by atoms with Crippen molar-refractivity contribution >= 4 is 11.8 Å². The van der Waals surface area contributed by atoms with Crippen LogP contribution in [0.4, 0.5) is 0 Å². The van der Waals surface area contributed by atoms with Gasteiger partial charge in [0.25, 0.3) is 0 Å². The lowest BCUT2D eigenvalue weighted by atomic mass is 10.5. The van der Waals surface area contributed by atoms with E-state index in [0.29, 0.717) is 6.54 Å². The van der Waals surface area contributed by atoms with Crippen molar-refractivity contribution in [1.82, 2.24) is 4.42 Å². The minimum absolute atomic E-state index is 0.642. The first kappa shape index (κ1) is 8.21. The van der Waals surface area contributed by atoms with Gasteiger partial charge in [-0.2, -0.15) is 0 Å². The second kappa shape index (κ2) is 5.35. The average Bonchev–Trinajstić information content (AvgIpc) is 1.68. The summed E-state index contributed by atoms with van der Waals surface area (Å²) in [6.45, 7) is 4.45. The van der Waals surface area contributed by atoms with Crippen molar-refractivity contribution in [3.05, 3.63) is 0 Å². The summed E-state index contributed by atoms with van der Waals surface area (Å²) in [7, 11) is 0. The Labute approximate surface area is 55.7 Å². The third-order valence-electron chi connectivity index (χ3n) is 0.838. The third kappa shape index (κ3) is 4.37. The fraction of sp³-hybridized carbons (Fsp3) is 1.00. The molecule has 0 unspecified atom stereocenters. The van der Waals surface area contributed by atoms with E-state index in [9.17, 15) is 0 Å². The Hall–Kier alpha value is 0.210. The molecule has 0 aliphatic heterocycles. The quantitative estimate of drug-likeness (QED) is 0.580. The zero-order chi connectivity index (χ0) is 6.41. The van der Waals surface area contributed by atoms with Gasteiger partial charge in [-0.15, -0.1) is 0 Å². The summed E-state index contributed by atoms with van der Waals surface area (Å²) in [5, 5.41) is 0. The maximum absolute atomic E-state index is 5.63. The minimum atomic E-state index is 0.642. The van der Waals surface area contributed by atoms with Crippen molar-refractivity contribution < 1.29 is 0 Å². The SMILES string of the molecule is CCCN(Cl)CCN. The fourth-order valence-electron chi connectivity index (χ4n) is 0.495. The van der Waals surface area contributed by atoms with Crippen LogP contribution >= 0.6 is 11.8 Å². The molecule has 0 saturated heterocycles. The molecule has 0 radical (unpaired) electrons. The van der Waals surface area contributed by atoms with Crippen LogP contribution in [0.2, 0.25) is 0 Å². The maximum Gasteiger partial charge on any atom is 0.0262 e. The molecule has 0 bridgehead atoms. The summed E-state index contributed by atoms with van der Waals surface area (Å²) in [6, 6.07) is 0. The molecular formula is C5H13ClN2. The molecule has 50 valence electrons. The van der Waals surface area contributed by atoms with Crippen molar-refractivity contribution in [2.24, 2.45) is 5.73 Å². The van der Waals surface area contributed by atoms with E-state index in [2.05, 4.69) is 6.92 Å². The van der Waals surface area contributed by atoms with Gasteiger partial charge in [-0.05, 0) is 18.2 Å². The van der Waals surface area contributed by atoms with Crippen molar-refractivity contribution in [2.75, 3.05) is 19.6 Å². The van der Waals surface area contributed by atoms with Gasteiger partial charge in [0.1, 0.15) is 0 Å². The molecule has 0 rings (SSSR count). The normalized spacial score (nSPS) is 10.5. The minimum Gasteiger partial charge on any atom is -0.329 e. The van der Waals surface area contributed by atoms with E-state index in [1.165, 1.54) is 0 Å². The van der Waals surface area contributed by atoms with Gasteiger partial charge < -0.3 is 5.73 Å². The van der Waals surface area contributed by atoms with Crippen LogP contribution in [0.5, 0.6) is 0 Å². The molecule has 0 saturated carbocycles. The molecule has 0 fully saturated rings. The molecule has 8 heavy (non-hydrogen) atoms. The number of halogens is 1. The van der Waals surface area contributed by atoms with E-state index in [0.717, 1.165) is 19.5 Å². The molecule has 3 heteroatoms. The van der Waals surface area contributed by atoms with Gasteiger partial charge in [-0.3, -0.25) is 0 Å². The summed E-state index contributed by atoms with van der Waals surface area (Å²) in [6.07, 6.45) is 1.09. The summed E-state index contributed by atoms with van der Waals surface area (Å²) >= 11 is 5.63. The number of rotatable bonds is 4. The van der Waals surface area contributed by atoms with Crippen LogP contribution in [0.1, 0.15) is 13.3 Å². The Balaban J connectivity index is 2.92. The molecule has 0 aromatic carbocycles. The lowest BCUT2D eigenvalue weighted by Gasteiger charge is -2.08. The molecule has 0 spiro atoms. The lowest BCUT2D eigenvalue weighted by molar-refractivity contribution is 0.463. The van der Waals surface area contributed by atoms with Gasteiger partial charge in [0, 0.05) is 19.6 Å². The molecule has 0 aromatic rings. The largest absolute Gasteiger partial charge is 0.329 e. The first-order valence-corrected chi connectivity index (χ1v) is 3.25. The Bertz CT molecular complexity index is 43.7. The highest BCUT2D eigenvalue weighted by molar-refractivity contribution is 6.13. The lowest BCUT2D eigenvalue weighted by Crippen LogP contribution is -2.21. The van der Waals surface area contributed by atoms with Crippen molar-refractivity contribution in [1.29, 1.82) is 0 Å². The van der Waals surface area contributed by atoms with E-state index in [-0.39, 0.29) is 0 Å². The van der Waals surface area contributed by atoms with Gasteiger partial charge in [0.15, 0.2) is 0 Å². The fourth-order valence-corrected chi connectivity index (χ4v) is 0.761. The molecular weight excluding hydrogens is 124 g/mol. The second-order valence-electron chi connectivity index (χ2n) is 1.70. The Morgan fingerprint density at radius 2 is 2.12 bits per heavy atom. The van der Waals surface area contributed by atoms with Crippen LogP contribution in [-0.4, -0.2) is 24.1 Å². The second-order valence-corrected chi connectivity index (χ2v) is 2.18. The van der Waals surface area contributed by atoms with Crippen LogP contribution in [0.3, 0.4) is 0 Å². The first-order valence-electron chi connectivity index (χ1n) is 2.92. The van der Waals surface area contributed by atoms with Crippen molar-refractivity contribution in [3.63, 3.8) is 0 Å². The van der Waals surface area contributed by atoms with Gasteiger partial charge in [-0.1, -0.05) is 6.92 Å². The topological polar surface area (TPSA) is 29.3 Å². The maximum atomic E-state index is 5.63. The van der Waals surface area contributed by atoms with E-state index < -0.39 is 0 Å². The van der Waals surface area contributed by atoms with Gasteiger partial charge >= 0.3 is 0 Å².